The molecule has 0 aromatic rings. The van der Waals surface area contributed by atoms with Crippen LogP contribution in [0.1, 0.15) is 26.2 Å². The molecule has 2 nitrogen and oxygen atoms in total. The Morgan fingerprint density at radius 3 is 2.69 bits per heavy atom. The zero-order valence-corrected chi connectivity index (χ0v) is 7.39. The standard InChI is InChI=1S/C9H12F2O2/c1-6(8(12)13)5-9(11)4-2-3-7(9)10/h5,7H,2-4H2,1H3,(H,12,13)/b6-5+. The molecule has 13 heavy (non-hydrogen) atoms. The highest BCUT2D eigenvalue weighted by atomic mass is 19.2. The van der Waals surface area contributed by atoms with E-state index in [0.717, 1.165) is 6.08 Å². The van der Waals surface area contributed by atoms with Crippen molar-refractivity contribution < 1.29 is 18.7 Å². The van der Waals surface area contributed by atoms with Crippen LogP contribution in [0.3, 0.4) is 0 Å². The Balaban J connectivity index is 2.82. The van der Waals surface area contributed by atoms with Crippen molar-refractivity contribution in [3.63, 3.8) is 0 Å². The maximum Gasteiger partial charge on any atom is 0.331 e. The molecule has 0 saturated heterocycles. The van der Waals surface area contributed by atoms with Crippen LogP contribution >= 0.6 is 0 Å². The topological polar surface area (TPSA) is 37.3 Å². The summed E-state index contributed by atoms with van der Waals surface area (Å²) in [5.74, 6) is -1.20. The van der Waals surface area contributed by atoms with Crippen LogP contribution in [0.4, 0.5) is 8.78 Å². The number of carboxylic acids is 1. The van der Waals surface area contributed by atoms with Crippen LogP contribution in [0.25, 0.3) is 0 Å². The molecule has 0 heterocycles. The summed E-state index contributed by atoms with van der Waals surface area (Å²) in [6.07, 6.45) is 0.0778. The summed E-state index contributed by atoms with van der Waals surface area (Å²) < 4.78 is 26.6. The second-order valence-electron chi connectivity index (χ2n) is 3.42. The number of carboxylic acid groups (broad SMARTS) is 1. The fourth-order valence-corrected chi connectivity index (χ4v) is 1.53. The predicted molar refractivity (Wildman–Crippen MR) is 44.0 cm³/mol. The predicted octanol–water partition coefficient (Wildman–Crippen LogP) is 2.25. The minimum absolute atomic E-state index is 0.0821. The molecule has 0 spiro atoms. The summed E-state index contributed by atoms with van der Waals surface area (Å²) in [7, 11) is 0. The van der Waals surface area contributed by atoms with Gasteiger partial charge < -0.3 is 5.11 Å². The van der Waals surface area contributed by atoms with Crippen molar-refractivity contribution in [1.82, 2.24) is 0 Å². The minimum Gasteiger partial charge on any atom is -0.478 e. The van der Waals surface area contributed by atoms with E-state index in [1.807, 2.05) is 0 Å². The second kappa shape index (κ2) is 3.44. The molecule has 0 amide bonds. The number of hydrogen-bond acceptors (Lipinski definition) is 1. The van der Waals surface area contributed by atoms with Gasteiger partial charge in [0.1, 0.15) is 6.17 Å². The Kier molecular flexibility index (Phi) is 2.68. The summed E-state index contributed by atoms with van der Waals surface area (Å²) >= 11 is 0. The van der Waals surface area contributed by atoms with E-state index >= 15 is 0 Å². The van der Waals surface area contributed by atoms with Crippen molar-refractivity contribution >= 4 is 5.97 Å². The first kappa shape index (κ1) is 10.2. The molecule has 1 aliphatic carbocycles. The van der Waals surface area contributed by atoms with Gasteiger partial charge in [0.25, 0.3) is 0 Å². The molecule has 0 radical (unpaired) electrons. The van der Waals surface area contributed by atoms with E-state index in [0.29, 0.717) is 6.42 Å². The van der Waals surface area contributed by atoms with Gasteiger partial charge in [0.15, 0.2) is 5.67 Å². The van der Waals surface area contributed by atoms with E-state index in [2.05, 4.69) is 0 Å². The van der Waals surface area contributed by atoms with Gasteiger partial charge in [0, 0.05) is 5.57 Å². The lowest BCUT2D eigenvalue weighted by Gasteiger charge is -2.17. The Morgan fingerprint density at radius 1 is 1.69 bits per heavy atom. The van der Waals surface area contributed by atoms with Gasteiger partial charge in [-0.2, -0.15) is 0 Å². The number of alkyl halides is 2. The van der Waals surface area contributed by atoms with E-state index in [4.69, 9.17) is 5.11 Å². The molecule has 0 aromatic heterocycles. The van der Waals surface area contributed by atoms with E-state index in [-0.39, 0.29) is 18.4 Å². The van der Waals surface area contributed by atoms with Crippen molar-refractivity contribution in [3.8, 4) is 0 Å². The Morgan fingerprint density at radius 2 is 2.31 bits per heavy atom. The molecule has 1 rings (SSSR count). The second-order valence-corrected chi connectivity index (χ2v) is 3.42. The lowest BCUT2D eigenvalue weighted by Crippen LogP contribution is -2.27. The molecule has 0 aromatic carbocycles. The highest BCUT2D eigenvalue weighted by Crippen LogP contribution is 2.37. The average Bonchev–Trinajstić information content (AvgIpc) is 2.32. The first-order valence-electron chi connectivity index (χ1n) is 4.21. The fourth-order valence-electron chi connectivity index (χ4n) is 1.53. The Hall–Kier alpha value is -0.930. The normalized spacial score (nSPS) is 35.0. The molecular weight excluding hydrogens is 178 g/mol. The van der Waals surface area contributed by atoms with Crippen LogP contribution in [0, 0.1) is 0 Å². The molecule has 74 valence electrons. The highest BCUT2D eigenvalue weighted by molar-refractivity contribution is 5.86. The number of carbonyl (C=O) groups is 1. The third-order valence-electron chi connectivity index (χ3n) is 2.33. The van der Waals surface area contributed by atoms with Gasteiger partial charge in [-0.25, -0.2) is 13.6 Å². The zero-order chi connectivity index (χ0) is 10.1. The third-order valence-corrected chi connectivity index (χ3v) is 2.33. The fraction of sp³-hybridized carbons (Fsp3) is 0.667. The van der Waals surface area contributed by atoms with Crippen LogP contribution in [-0.2, 0) is 4.79 Å². The molecule has 0 aliphatic heterocycles. The van der Waals surface area contributed by atoms with Crippen molar-refractivity contribution in [2.75, 3.05) is 0 Å². The summed E-state index contributed by atoms with van der Waals surface area (Å²) in [5, 5.41) is 8.49. The average molecular weight is 190 g/mol. The molecule has 1 aliphatic rings. The SMILES string of the molecule is C/C(=C\C1(F)CCCC1F)C(=O)O. The van der Waals surface area contributed by atoms with Crippen molar-refractivity contribution in [3.05, 3.63) is 11.6 Å². The maximum atomic E-state index is 13.6. The summed E-state index contributed by atoms with van der Waals surface area (Å²) in [6, 6.07) is 0. The van der Waals surface area contributed by atoms with Gasteiger partial charge in [0.05, 0.1) is 0 Å². The molecule has 1 fully saturated rings. The van der Waals surface area contributed by atoms with E-state index in [9.17, 15) is 13.6 Å². The number of hydrogen-bond donors (Lipinski definition) is 1. The van der Waals surface area contributed by atoms with Crippen LogP contribution in [0.15, 0.2) is 11.6 Å². The minimum atomic E-state index is -2.05. The van der Waals surface area contributed by atoms with Crippen LogP contribution in [0.2, 0.25) is 0 Å². The summed E-state index contributed by atoms with van der Waals surface area (Å²) in [5.41, 5.74) is -2.19. The smallest absolute Gasteiger partial charge is 0.331 e. The first-order valence-corrected chi connectivity index (χ1v) is 4.21. The van der Waals surface area contributed by atoms with Crippen LogP contribution in [-0.4, -0.2) is 22.9 Å². The molecule has 0 bridgehead atoms. The van der Waals surface area contributed by atoms with Crippen LogP contribution < -0.4 is 0 Å². The van der Waals surface area contributed by atoms with Crippen molar-refractivity contribution in [2.24, 2.45) is 0 Å². The summed E-state index contributed by atoms with van der Waals surface area (Å²) in [6.45, 7) is 1.27. The molecule has 2 unspecified atom stereocenters. The van der Waals surface area contributed by atoms with E-state index in [1.54, 1.807) is 0 Å². The molecule has 1 saturated carbocycles. The van der Waals surface area contributed by atoms with Gasteiger partial charge >= 0.3 is 5.97 Å². The van der Waals surface area contributed by atoms with E-state index < -0.39 is 17.8 Å². The van der Waals surface area contributed by atoms with Gasteiger partial charge in [-0.1, -0.05) is 0 Å². The summed E-state index contributed by atoms with van der Waals surface area (Å²) in [4.78, 5) is 10.4. The largest absolute Gasteiger partial charge is 0.478 e. The van der Waals surface area contributed by atoms with Gasteiger partial charge in [-0.15, -0.1) is 0 Å². The van der Waals surface area contributed by atoms with E-state index in [1.165, 1.54) is 6.92 Å². The maximum absolute atomic E-state index is 13.6. The Labute approximate surface area is 75.3 Å². The lowest BCUT2D eigenvalue weighted by atomic mass is 10.00. The lowest BCUT2D eigenvalue weighted by molar-refractivity contribution is -0.132. The number of halogens is 2. The van der Waals surface area contributed by atoms with Crippen LogP contribution in [0.5, 0.6) is 0 Å². The highest BCUT2D eigenvalue weighted by Gasteiger charge is 2.42. The monoisotopic (exact) mass is 190 g/mol. The third kappa shape index (κ3) is 2.05. The van der Waals surface area contributed by atoms with Gasteiger partial charge in [-0.3, -0.25) is 0 Å². The molecule has 2 atom stereocenters. The van der Waals surface area contributed by atoms with Crippen molar-refractivity contribution in [2.45, 2.75) is 38.0 Å². The number of rotatable bonds is 2. The van der Waals surface area contributed by atoms with Crippen molar-refractivity contribution in [1.29, 1.82) is 0 Å². The molecular formula is C9H12F2O2. The van der Waals surface area contributed by atoms with Gasteiger partial charge in [-0.05, 0) is 32.3 Å². The number of allylic oxidation sites excluding steroid dienone is 1. The zero-order valence-electron chi connectivity index (χ0n) is 7.39. The molecule has 1 N–H and O–H groups in total. The Bertz CT molecular complexity index is 250. The quantitative estimate of drug-likeness (QED) is 0.678. The van der Waals surface area contributed by atoms with Gasteiger partial charge in [0.2, 0.25) is 0 Å². The molecule has 4 heteroatoms. The first-order chi connectivity index (χ1) is 5.96. The number of aliphatic carboxylic acids is 1.